The van der Waals surface area contributed by atoms with Gasteiger partial charge in [-0.3, -0.25) is 9.11 Å². The fourth-order valence-corrected chi connectivity index (χ4v) is 8.12. The Labute approximate surface area is 261 Å². The number of sulfonamides is 1. The molecule has 5 heterocycles. The second-order valence-electron chi connectivity index (χ2n) is 10.9. The minimum Gasteiger partial charge on any atom is -0.771 e. The quantitative estimate of drug-likeness (QED) is 0.265. The number of anilines is 1. The first-order chi connectivity index (χ1) is 20.5. The summed E-state index contributed by atoms with van der Waals surface area (Å²) in [6.07, 6.45) is 2.53. The number of H-pyrrole nitrogens is 1. The number of aromatic nitrogens is 4. The monoisotopic (exact) mass is 690 g/mol. The van der Waals surface area contributed by atoms with Crippen molar-refractivity contribution in [1.29, 1.82) is 0 Å². The normalized spacial score (nSPS) is 20.1. The molecule has 2 aliphatic rings. The Balaban J connectivity index is 1.27. The fraction of sp³-hybridized carbons (Fsp3) is 0.429. The molecule has 2 fully saturated rings. The van der Waals surface area contributed by atoms with E-state index in [4.69, 9.17) is 9.72 Å². The Kier molecular flexibility index (Phi) is 8.49. The number of hydrogen-bond donors (Lipinski definition) is 2. The summed E-state index contributed by atoms with van der Waals surface area (Å²) in [4.78, 5) is 15.0. The molecule has 0 saturated carbocycles. The predicted octanol–water partition coefficient (Wildman–Crippen LogP) is 3.53. The van der Waals surface area contributed by atoms with Crippen LogP contribution >= 0.6 is 15.9 Å². The van der Waals surface area contributed by atoms with Gasteiger partial charge < -0.3 is 24.2 Å². The maximum absolute atomic E-state index is 13.1. The molecule has 15 heteroatoms. The number of nitrogens with zero attached hydrogens (tertiary/aromatic N) is 5. The smallest absolute Gasteiger partial charge is 0.243 e. The van der Waals surface area contributed by atoms with Crippen LogP contribution in [0.5, 0.6) is 0 Å². The van der Waals surface area contributed by atoms with Crippen molar-refractivity contribution in [3.8, 4) is 17.1 Å². The van der Waals surface area contributed by atoms with Crippen molar-refractivity contribution in [2.75, 3.05) is 44.7 Å². The highest BCUT2D eigenvalue weighted by Gasteiger charge is 2.29. The molecule has 0 spiro atoms. The van der Waals surface area contributed by atoms with E-state index in [0.717, 1.165) is 44.7 Å². The Morgan fingerprint density at radius 3 is 2.60 bits per heavy atom. The summed E-state index contributed by atoms with van der Waals surface area (Å²) < 4.78 is 58.7. The number of fused-ring (bicyclic) bond motifs is 1. The number of rotatable bonds is 8. The minimum atomic E-state index is -3.58. The third-order valence-corrected chi connectivity index (χ3v) is 11.6. The van der Waals surface area contributed by atoms with Gasteiger partial charge in [0.25, 0.3) is 0 Å². The highest BCUT2D eigenvalue weighted by atomic mass is 79.9. The average Bonchev–Trinajstić information content (AvgIpc) is 3.72. The van der Waals surface area contributed by atoms with Crippen LogP contribution in [-0.4, -0.2) is 96.7 Å². The molecule has 2 aliphatic heterocycles. The van der Waals surface area contributed by atoms with E-state index < -0.39 is 26.5 Å². The van der Waals surface area contributed by atoms with Gasteiger partial charge in [-0.2, -0.15) is 4.31 Å². The highest BCUT2D eigenvalue weighted by Crippen LogP contribution is 2.35. The molecule has 2 N–H and O–H groups in total. The number of likely N-dealkylation sites (tertiary alicyclic amines) is 1. The van der Waals surface area contributed by atoms with Crippen LogP contribution in [0.3, 0.4) is 0 Å². The average molecular weight is 692 g/mol. The largest absolute Gasteiger partial charge is 0.771 e. The maximum atomic E-state index is 13.1. The van der Waals surface area contributed by atoms with E-state index in [1.54, 1.807) is 25.3 Å². The van der Waals surface area contributed by atoms with E-state index in [1.165, 1.54) is 4.31 Å². The van der Waals surface area contributed by atoms with Crippen LogP contribution < -0.4 is 5.32 Å². The highest BCUT2D eigenvalue weighted by molar-refractivity contribution is 9.10. The fourth-order valence-electron chi connectivity index (χ4n) is 5.87. The van der Waals surface area contributed by atoms with Crippen molar-refractivity contribution < 1.29 is 21.9 Å². The lowest BCUT2D eigenvalue weighted by Crippen LogP contribution is -2.40. The Bertz CT molecular complexity index is 1790. The molecule has 2 saturated heterocycles. The number of nitrogens with one attached hydrogen (secondary N) is 2. The molecule has 0 radical (unpaired) electrons. The molecule has 0 bridgehead atoms. The summed E-state index contributed by atoms with van der Waals surface area (Å²) in [5, 5.41) is 3.04. The van der Waals surface area contributed by atoms with Crippen LogP contribution in [0.25, 0.3) is 28.2 Å². The van der Waals surface area contributed by atoms with Crippen LogP contribution in [-0.2, 0) is 25.8 Å². The van der Waals surface area contributed by atoms with Gasteiger partial charge >= 0.3 is 0 Å². The van der Waals surface area contributed by atoms with Crippen LogP contribution in [0.1, 0.15) is 24.7 Å². The Hall–Kier alpha value is -2.66. The summed E-state index contributed by atoms with van der Waals surface area (Å²) in [6, 6.07) is 9.07. The summed E-state index contributed by atoms with van der Waals surface area (Å²) in [5.41, 5.74) is 5.82. The van der Waals surface area contributed by atoms with E-state index >= 15 is 0 Å². The van der Waals surface area contributed by atoms with Gasteiger partial charge in [0.1, 0.15) is 11.3 Å². The minimum absolute atomic E-state index is 0.0692. The third kappa shape index (κ3) is 5.79. The molecule has 3 aromatic heterocycles. The van der Waals surface area contributed by atoms with Gasteiger partial charge in [0.2, 0.25) is 10.0 Å². The van der Waals surface area contributed by atoms with Gasteiger partial charge in [-0.1, -0.05) is 0 Å². The van der Waals surface area contributed by atoms with Crippen molar-refractivity contribution in [1.82, 2.24) is 28.7 Å². The molecular formula is C28H33BrN7O5S2-. The van der Waals surface area contributed by atoms with Gasteiger partial charge in [-0.15, -0.1) is 0 Å². The number of aromatic amines is 1. The zero-order chi connectivity index (χ0) is 30.5. The van der Waals surface area contributed by atoms with Gasteiger partial charge in [0.15, 0.2) is 5.65 Å². The number of benzene rings is 1. The summed E-state index contributed by atoms with van der Waals surface area (Å²) in [5.74, 6) is 0.665. The molecule has 0 aliphatic carbocycles. The van der Waals surface area contributed by atoms with Crippen molar-refractivity contribution in [2.45, 2.75) is 43.5 Å². The number of aryl methyl sites for hydroxylation is 1. The number of ether oxygens (including phenoxy) is 1. The topological polar surface area (TPSA) is 149 Å². The van der Waals surface area contributed by atoms with Crippen LogP contribution in [0.15, 0.2) is 45.9 Å². The number of pyridine rings is 1. The molecular weight excluding hydrogens is 658 g/mol. The zero-order valence-electron chi connectivity index (χ0n) is 24.0. The Morgan fingerprint density at radius 2 is 1.91 bits per heavy atom. The molecule has 4 aromatic rings. The predicted molar refractivity (Wildman–Crippen MR) is 167 cm³/mol. The zero-order valence-corrected chi connectivity index (χ0v) is 27.3. The van der Waals surface area contributed by atoms with Crippen molar-refractivity contribution in [3.63, 3.8) is 0 Å². The number of hydrogen-bond acceptors (Lipinski definition) is 9. The van der Waals surface area contributed by atoms with E-state index in [-0.39, 0.29) is 10.9 Å². The lowest BCUT2D eigenvalue weighted by molar-refractivity contribution is 0.0730. The molecule has 1 unspecified atom stereocenters. The third-order valence-electron chi connectivity index (χ3n) is 8.22. The molecule has 12 nitrogen and oxygen atoms in total. The molecule has 0 amide bonds. The molecule has 6 rings (SSSR count). The first kappa shape index (κ1) is 30.4. The van der Waals surface area contributed by atoms with Gasteiger partial charge in [-0.25, -0.2) is 18.4 Å². The van der Waals surface area contributed by atoms with Gasteiger partial charge in [0, 0.05) is 61.1 Å². The van der Waals surface area contributed by atoms with E-state index in [2.05, 4.69) is 35.8 Å². The summed E-state index contributed by atoms with van der Waals surface area (Å²) in [7, 11) is -3.58. The lowest BCUT2D eigenvalue weighted by atomic mass is 10.2. The van der Waals surface area contributed by atoms with Gasteiger partial charge in [-0.05, 0) is 84.5 Å². The van der Waals surface area contributed by atoms with Crippen molar-refractivity contribution in [2.24, 2.45) is 0 Å². The van der Waals surface area contributed by atoms with Gasteiger partial charge in [0.05, 0.1) is 33.6 Å². The summed E-state index contributed by atoms with van der Waals surface area (Å²) in [6.45, 7) is 8.52. The second-order valence-corrected chi connectivity index (χ2v) is 14.9. The lowest BCUT2D eigenvalue weighted by Gasteiger charge is -2.26. The van der Waals surface area contributed by atoms with E-state index in [0.29, 0.717) is 50.9 Å². The number of morpholine rings is 1. The van der Waals surface area contributed by atoms with Crippen molar-refractivity contribution >= 4 is 53.9 Å². The molecule has 43 heavy (non-hydrogen) atoms. The first-order valence-corrected chi connectivity index (χ1v) is 17.4. The summed E-state index contributed by atoms with van der Waals surface area (Å²) >= 11 is 1.47. The van der Waals surface area contributed by atoms with Crippen LogP contribution in [0.4, 0.5) is 5.69 Å². The van der Waals surface area contributed by atoms with E-state index in [1.807, 2.05) is 36.9 Å². The van der Waals surface area contributed by atoms with Crippen LogP contribution in [0, 0.1) is 13.8 Å². The molecule has 230 valence electrons. The number of halogens is 1. The van der Waals surface area contributed by atoms with E-state index in [9.17, 15) is 17.2 Å². The van der Waals surface area contributed by atoms with Crippen molar-refractivity contribution in [3.05, 3.63) is 52.4 Å². The SMILES string of the molecule is Cc1cc(-c2nc3ncc(Br)c(N[C@H]4CCN([C@H](C)S(=O)[O-])C4)c3[nH]2)c(C)n1-c1ccc(S(=O)(=O)N2CCOCC2)cc1. The standard InChI is InChI=1S/C28H34BrN7O5S2/c1-17-14-23(18(2)36(17)21-4-6-22(7-5-21)43(39,40)35-10-12-41-13-11-35)27-32-26-25(24(29)15-30-28(26)33-27)31-20-8-9-34(16-20)19(3)42(37)38/h4-7,14-15,19-20H,8-13,16H2,1-3H3,(H,37,38)(H2,30,31,32,33)/p-1/t19-,20-/m0/s1. The molecule has 1 aromatic carbocycles. The maximum Gasteiger partial charge on any atom is 0.243 e. The first-order valence-electron chi connectivity index (χ1n) is 14.0. The number of imidazole rings is 1. The van der Waals surface area contributed by atoms with Crippen LogP contribution in [0.2, 0.25) is 0 Å². The Morgan fingerprint density at radius 1 is 1.19 bits per heavy atom. The second kappa shape index (κ2) is 12.0. The molecule has 3 atom stereocenters.